The summed E-state index contributed by atoms with van der Waals surface area (Å²) in [7, 11) is 0. The van der Waals surface area contributed by atoms with Gasteiger partial charge in [-0.2, -0.15) is 5.10 Å². The van der Waals surface area contributed by atoms with Gasteiger partial charge in [-0.3, -0.25) is 4.79 Å². The number of hydroxylamine groups is 1. The number of anilines is 1. The molecule has 0 bridgehead atoms. The molecule has 3 aromatic rings. The lowest BCUT2D eigenvalue weighted by Crippen LogP contribution is -2.22. The molecular weight excluding hydrogens is 342 g/mol. The van der Waals surface area contributed by atoms with Crippen LogP contribution in [-0.4, -0.2) is 21.8 Å². The van der Waals surface area contributed by atoms with E-state index in [1.807, 2.05) is 55.5 Å². The number of nitrogens with two attached hydrogens (primary N) is 1. The largest absolute Gasteiger partial charge is 0.399 e. The lowest BCUT2D eigenvalue weighted by atomic mass is 10.1. The molecule has 3 N–H and O–H groups in total. The fourth-order valence-electron chi connectivity index (χ4n) is 2.89. The van der Waals surface area contributed by atoms with Gasteiger partial charge in [0, 0.05) is 22.9 Å². The molecule has 0 radical (unpaired) electrons. The predicted molar refractivity (Wildman–Crippen MR) is 104 cm³/mol. The molecule has 4 rings (SSSR count). The fraction of sp³-hybridized carbons (Fsp3) is 0.150. The fourth-order valence-corrected chi connectivity index (χ4v) is 2.89. The van der Waals surface area contributed by atoms with Gasteiger partial charge in [-0.25, -0.2) is 20.0 Å². The molecule has 2 heterocycles. The molecule has 2 aromatic carbocycles. The van der Waals surface area contributed by atoms with Crippen molar-refractivity contribution in [3.05, 3.63) is 82.1 Å². The molecule has 136 valence electrons. The first-order valence-corrected chi connectivity index (χ1v) is 8.61. The van der Waals surface area contributed by atoms with Crippen LogP contribution < -0.4 is 16.8 Å². The molecule has 7 heteroatoms. The van der Waals surface area contributed by atoms with Crippen LogP contribution >= 0.6 is 0 Å². The summed E-state index contributed by atoms with van der Waals surface area (Å²) in [6, 6.07) is 18.5. The van der Waals surface area contributed by atoms with Crippen LogP contribution in [0.1, 0.15) is 18.1 Å². The maximum absolute atomic E-state index is 12.2. The molecule has 0 amide bonds. The van der Waals surface area contributed by atoms with E-state index in [2.05, 4.69) is 15.6 Å². The molecule has 1 aliphatic rings. The van der Waals surface area contributed by atoms with E-state index in [0.717, 1.165) is 22.4 Å². The van der Waals surface area contributed by atoms with E-state index in [-0.39, 0.29) is 11.8 Å². The summed E-state index contributed by atoms with van der Waals surface area (Å²) in [5.41, 5.74) is 12.6. The maximum Gasteiger partial charge on any atom is 0.267 e. The topological polar surface area (TPSA) is 94.5 Å². The van der Waals surface area contributed by atoms with E-state index in [4.69, 9.17) is 10.6 Å². The molecule has 0 saturated carbocycles. The standard InChI is InChI=1S/C20H19N5O2/c1-13-22-20(24-27-13)16-7-5-15(6-8-16)18-9-10-19(26)25(23-18)12-14-3-2-4-17(21)11-14/h2-11,13H,12,21H2,1H3,(H,22,24). The quantitative estimate of drug-likeness (QED) is 0.695. The minimum atomic E-state index is -0.197. The van der Waals surface area contributed by atoms with Crippen LogP contribution in [0.5, 0.6) is 0 Å². The van der Waals surface area contributed by atoms with Crippen molar-refractivity contribution in [2.24, 2.45) is 4.99 Å². The van der Waals surface area contributed by atoms with Crippen LogP contribution in [0, 0.1) is 0 Å². The molecule has 1 aliphatic heterocycles. The molecule has 0 spiro atoms. The average Bonchev–Trinajstić information content (AvgIpc) is 3.10. The Kier molecular flexibility index (Phi) is 4.43. The highest BCUT2D eigenvalue weighted by Crippen LogP contribution is 2.18. The lowest BCUT2D eigenvalue weighted by molar-refractivity contribution is 0.0504. The molecule has 0 aliphatic carbocycles. The predicted octanol–water partition coefficient (Wildman–Crippen LogP) is 2.17. The summed E-state index contributed by atoms with van der Waals surface area (Å²) < 4.78 is 1.44. The Balaban J connectivity index is 1.61. The highest BCUT2D eigenvalue weighted by atomic mass is 16.7. The van der Waals surface area contributed by atoms with Gasteiger partial charge in [-0.15, -0.1) is 0 Å². The van der Waals surface area contributed by atoms with Gasteiger partial charge in [0.1, 0.15) is 0 Å². The number of benzene rings is 2. The number of nitrogens with one attached hydrogen (secondary N) is 1. The first-order valence-electron chi connectivity index (χ1n) is 8.61. The van der Waals surface area contributed by atoms with Crippen LogP contribution in [0.2, 0.25) is 0 Å². The zero-order valence-electron chi connectivity index (χ0n) is 14.8. The number of nitrogen functional groups attached to an aromatic ring is 1. The van der Waals surface area contributed by atoms with E-state index < -0.39 is 0 Å². The van der Waals surface area contributed by atoms with Gasteiger partial charge in [0.2, 0.25) is 0 Å². The molecule has 0 fully saturated rings. The maximum atomic E-state index is 12.2. The first kappa shape index (κ1) is 17.0. The van der Waals surface area contributed by atoms with E-state index in [9.17, 15) is 4.79 Å². The number of hydrogen-bond acceptors (Lipinski definition) is 6. The zero-order valence-corrected chi connectivity index (χ0v) is 14.8. The monoisotopic (exact) mass is 361 g/mol. The average molecular weight is 361 g/mol. The van der Waals surface area contributed by atoms with Gasteiger partial charge in [-0.1, -0.05) is 36.4 Å². The Morgan fingerprint density at radius 2 is 1.89 bits per heavy atom. The highest BCUT2D eigenvalue weighted by molar-refractivity contribution is 5.99. The summed E-state index contributed by atoms with van der Waals surface area (Å²) in [6.07, 6.45) is -0.197. The lowest BCUT2D eigenvalue weighted by Gasteiger charge is -2.08. The van der Waals surface area contributed by atoms with Crippen LogP contribution in [-0.2, 0) is 11.4 Å². The Hall–Kier alpha value is -3.45. The highest BCUT2D eigenvalue weighted by Gasteiger charge is 2.14. The Morgan fingerprint density at radius 3 is 2.59 bits per heavy atom. The third kappa shape index (κ3) is 3.73. The second-order valence-corrected chi connectivity index (χ2v) is 6.33. The molecule has 1 atom stereocenters. The third-order valence-corrected chi connectivity index (χ3v) is 4.24. The molecule has 1 aromatic heterocycles. The number of rotatable bonds is 4. The van der Waals surface area contributed by atoms with Gasteiger partial charge in [0.15, 0.2) is 12.1 Å². The summed E-state index contributed by atoms with van der Waals surface area (Å²) in [6.45, 7) is 2.23. The van der Waals surface area contributed by atoms with Crippen molar-refractivity contribution in [3.63, 3.8) is 0 Å². The summed E-state index contributed by atoms with van der Waals surface area (Å²) in [5.74, 6) is 0.702. The van der Waals surface area contributed by atoms with Crippen LogP contribution in [0.3, 0.4) is 0 Å². The molecule has 0 saturated heterocycles. The van der Waals surface area contributed by atoms with Crippen LogP contribution in [0.15, 0.2) is 70.5 Å². The van der Waals surface area contributed by atoms with E-state index >= 15 is 0 Å². The van der Waals surface area contributed by atoms with Crippen molar-refractivity contribution in [2.45, 2.75) is 19.7 Å². The van der Waals surface area contributed by atoms with Crippen molar-refractivity contribution in [2.75, 3.05) is 5.73 Å². The minimum absolute atomic E-state index is 0.159. The van der Waals surface area contributed by atoms with Crippen molar-refractivity contribution in [3.8, 4) is 11.3 Å². The number of aliphatic imine (C=N–C) groups is 1. The molecule has 7 nitrogen and oxygen atoms in total. The smallest absolute Gasteiger partial charge is 0.267 e. The van der Waals surface area contributed by atoms with Gasteiger partial charge in [0.05, 0.1) is 12.2 Å². The molecule has 1 unspecified atom stereocenters. The van der Waals surface area contributed by atoms with E-state index in [0.29, 0.717) is 18.1 Å². The van der Waals surface area contributed by atoms with Gasteiger partial charge >= 0.3 is 0 Å². The second-order valence-electron chi connectivity index (χ2n) is 6.33. The van der Waals surface area contributed by atoms with Crippen LogP contribution in [0.4, 0.5) is 5.69 Å². The van der Waals surface area contributed by atoms with Gasteiger partial charge in [-0.05, 0) is 30.7 Å². The summed E-state index contributed by atoms with van der Waals surface area (Å²) in [5, 5.41) is 4.50. The minimum Gasteiger partial charge on any atom is -0.399 e. The number of nitrogens with zero attached hydrogens (tertiary/aromatic N) is 3. The van der Waals surface area contributed by atoms with Gasteiger partial charge in [0.25, 0.3) is 5.56 Å². The first-order chi connectivity index (χ1) is 13.1. The Morgan fingerprint density at radius 1 is 1.11 bits per heavy atom. The Labute approximate surface area is 156 Å². The van der Waals surface area contributed by atoms with Crippen molar-refractivity contribution in [1.82, 2.24) is 15.3 Å². The van der Waals surface area contributed by atoms with Crippen molar-refractivity contribution < 1.29 is 4.84 Å². The zero-order chi connectivity index (χ0) is 18.8. The van der Waals surface area contributed by atoms with Crippen molar-refractivity contribution in [1.29, 1.82) is 0 Å². The molecular formula is C20H19N5O2. The van der Waals surface area contributed by atoms with Crippen LogP contribution in [0.25, 0.3) is 11.3 Å². The number of hydrogen-bond donors (Lipinski definition) is 2. The summed E-state index contributed by atoms with van der Waals surface area (Å²) >= 11 is 0. The van der Waals surface area contributed by atoms with E-state index in [1.54, 1.807) is 6.07 Å². The number of amidine groups is 1. The normalized spacial score (nSPS) is 16.0. The van der Waals surface area contributed by atoms with Gasteiger partial charge < -0.3 is 5.73 Å². The van der Waals surface area contributed by atoms with Crippen molar-refractivity contribution >= 4 is 11.5 Å². The number of aromatic nitrogens is 2. The molecule has 27 heavy (non-hydrogen) atoms. The third-order valence-electron chi connectivity index (χ3n) is 4.24. The second kappa shape index (κ2) is 7.05. The van der Waals surface area contributed by atoms with E-state index in [1.165, 1.54) is 10.7 Å². The Bertz CT molecular complexity index is 1060. The summed E-state index contributed by atoms with van der Waals surface area (Å²) in [4.78, 5) is 21.8. The SMILES string of the molecule is CC1N=C(c2ccc(-c3ccc(=O)n(Cc4cccc(N)c4)n3)cc2)NO1.